The summed E-state index contributed by atoms with van der Waals surface area (Å²) in [7, 11) is 0. The smallest absolute Gasteiger partial charge is 0.242 e. The molecule has 5 heteroatoms. The Morgan fingerprint density at radius 2 is 1.77 bits per heavy atom. The fourth-order valence-corrected chi connectivity index (χ4v) is 5.02. The van der Waals surface area contributed by atoms with Crippen molar-refractivity contribution in [1.82, 2.24) is 9.80 Å². The molecule has 0 saturated heterocycles. The summed E-state index contributed by atoms with van der Waals surface area (Å²) in [6.07, 6.45) is 5.02. The normalized spacial score (nSPS) is 15.2. The van der Waals surface area contributed by atoms with Crippen molar-refractivity contribution in [3.8, 4) is 0 Å². The summed E-state index contributed by atoms with van der Waals surface area (Å²) in [6, 6.07) is 14.4. The SMILES string of the molecule is CCC(C)N(CC(=O)N(Cc1ccccc1)Cc1ccc(C)s1)C(=O)C1CCCC1. The van der Waals surface area contributed by atoms with Crippen molar-refractivity contribution in [2.45, 2.75) is 72.0 Å². The minimum absolute atomic E-state index is 0.0246. The maximum Gasteiger partial charge on any atom is 0.242 e. The third-order valence-electron chi connectivity index (χ3n) is 6.13. The molecule has 1 heterocycles. The molecular weight excluding hydrogens is 392 g/mol. The molecule has 1 aliphatic rings. The predicted octanol–water partition coefficient (Wildman–Crippen LogP) is 5.40. The van der Waals surface area contributed by atoms with Gasteiger partial charge in [0.05, 0.1) is 6.54 Å². The maximum atomic E-state index is 13.4. The number of aryl methyl sites for hydroxylation is 1. The molecule has 1 aliphatic carbocycles. The minimum atomic E-state index is 0.0246. The number of hydrogen-bond donors (Lipinski definition) is 0. The topological polar surface area (TPSA) is 40.6 Å². The number of rotatable bonds is 9. The van der Waals surface area contributed by atoms with Gasteiger partial charge in [-0.1, -0.05) is 50.1 Å². The first-order valence-corrected chi connectivity index (χ1v) is 12.0. The summed E-state index contributed by atoms with van der Waals surface area (Å²) in [6.45, 7) is 7.54. The number of nitrogens with zero attached hydrogens (tertiary/aromatic N) is 2. The van der Waals surface area contributed by atoms with E-state index in [0.717, 1.165) is 37.7 Å². The fraction of sp³-hybridized carbons (Fsp3) is 0.520. The molecule has 1 unspecified atom stereocenters. The molecule has 162 valence electrons. The largest absolute Gasteiger partial charge is 0.332 e. The Kier molecular flexibility index (Phi) is 8.08. The zero-order chi connectivity index (χ0) is 21.5. The molecule has 4 nitrogen and oxygen atoms in total. The van der Waals surface area contributed by atoms with Crippen LogP contribution < -0.4 is 0 Å². The molecule has 0 aliphatic heterocycles. The fourth-order valence-electron chi connectivity index (χ4n) is 4.12. The molecule has 2 amide bonds. The second-order valence-electron chi connectivity index (χ2n) is 8.45. The van der Waals surface area contributed by atoms with Gasteiger partial charge in [0.1, 0.15) is 6.54 Å². The van der Waals surface area contributed by atoms with Crippen molar-refractivity contribution in [2.75, 3.05) is 6.54 Å². The van der Waals surface area contributed by atoms with Crippen molar-refractivity contribution in [3.05, 3.63) is 57.8 Å². The molecule has 1 fully saturated rings. The molecule has 3 rings (SSSR count). The van der Waals surface area contributed by atoms with Crippen LogP contribution in [0.25, 0.3) is 0 Å². The van der Waals surface area contributed by atoms with E-state index in [1.807, 2.05) is 28.0 Å². The van der Waals surface area contributed by atoms with Crippen LogP contribution in [0.3, 0.4) is 0 Å². The summed E-state index contributed by atoms with van der Waals surface area (Å²) in [5.74, 6) is 0.285. The van der Waals surface area contributed by atoms with Crippen molar-refractivity contribution < 1.29 is 9.59 Å². The number of thiophene rings is 1. The Morgan fingerprint density at radius 3 is 2.37 bits per heavy atom. The van der Waals surface area contributed by atoms with E-state index in [9.17, 15) is 9.59 Å². The van der Waals surface area contributed by atoms with Crippen molar-refractivity contribution in [3.63, 3.8) is 0 Å². The Balaban J connectivity index is 1.77. The lowest BCUT2D eigenvalue weighted by molar-refractivity contribution is -0.145. The number of carbonyl (C=O) groups excluding carboxylic acids is 2. The molecule has 1 aromatic heterocycles. The standard InChI is InChI=1S/C25H34N2O2S/c1-4-19(2)27(25(29)22-12-8-9-13-22)18-24(28)26(16-21-10-6-5-7-11-21)17-23-15-14-20(3)30-23/h5-7,10-11,14-15,19,22H,4,8-9,12-13,16-18H2,1-3H3. The van der Waals surface area contributed by atoms with Crippen LogP contribution in [0.1, 0.15) is 61.3 Å². The molecule has 0 N–H and O–H groups in total. The van der Waals surface area contributed by atoms with Crippen LogP contribution in [0.5, 0.6) is 0 Å². The van der Waals surface area contributed by atoms with Crippen LogP contribution >= 0.6 is 11.3 Å². The monoisotopic (exact) mass is 426 g/mol. The second-order valence-corrected chi connectivity index (χ2v) is 9.82. The molecule has 0 bridgehead atoms. The molecular formula is C25H34N2O2S. The summed E-state index contributed by atoms with van der Waals surface area (Å²) in [4.78, 5) is 32.8. The number of amides is 2. The predicted molar refractivity (Wildman–Crippen MR) is 123 cm³/mol. The van der Waals surface area contributed by atoms with E-state index in [1.54, 1.807) is 11.3 Å². The van der Waals surface area contributed by atoms with E-state index >= 15 is 0 Å². The maximum absolute atomic E-state index is 13.4. The second kappa shape index (κ2) is 10.8. The number of benzene rings is 1. The lowest BCUT2D eigenvalue weighted by Gasteiger charge is -2.33. The Hall–Kier alpha value is -2.14. The molecule has 1 saturated carbocycles. The first kappa shape index (κ1) is 22.5. The van der Waals surface area contributed by atoms with Gasteiger partial charge in [0.2, 0.25) is 11.8 Å². The summed E-state index contributed by atoms with van der Waals surface area (Å²) < 4.78 is 0. The van der Waals surface area contributed by atoms with Gasteiger partial charge in [0.25, 0.3) is 0 Å². The van der Waals surface area contributed by atoms with Gasteiger partial charge in [0, 0.05) is 28.3 Å². The van der Waals surface area contributed by atoms with E-state index in [1.165, 1.54) is 9.75 Å². The number of carbonyl (C=O) groups is 2. The van der Waals surface area contributed by atoms with E-state index < -0.39 is 0 Å². The Bertz CT molecular complexity index is 827. The average Bonchev–Trinajstić information content (AvgIpc) is 3.43. The van der Waals surface area contributed by atoms with Crippen LogP contribution in [0.2, 0.25) is 0 Å². The highest BCUT2D eigenvalue weighted by molar-refractivity contribution is 7.11. The Labute approximate surface area is 184 Å². The van der Waals surface area contributed by atoms with Gasteiger partial charge in [-0.15, -0.1) is 11.3 Å². The summed E-state index contributed by atoms with van der Waals surface area (Å²) >= 11 is 1.73. The lowest BCUT2D eigenvalue weighted by Crippen LogP contribution is -2.48. The molecule has 0 spiro atoms. The van der Waals surface area contributed by atoms with Crippen LogP contribution in [-0.2, 0) is 22.7 Å². The van der Waals surface area contributed by atoms with Gasteiger partial charge < -0.3 is 9.80 Å². The quantitative estimate of drug-likeness (QED) is 0.538. The third kappa shape index (κ3) is 5.94. The molecule has 1 aromatic carbocycles. The highest BCUT2D eigenvalue weighted by atomic mass is 32.1. The number of hydrogen-bond acceptors (Lipinski definition) is 3. The molecule has 2 aromatic rings. The van der Waals surface area contributed by atoms with Gasteiger partial charge in [-0.3, -0.25) is 9.59 Å². The van der Waals surface area contributed by atoms with E-state index in [-0.39, 0.29) is 30.3 Å². The zero-order valence-corrected chi connectivity index (χ0v) is 19.3. The van der Waals surface area contributed by atoms with Crippen molar-refractivity contribution >= 4 is 23.2 Å². The highest BCUT2D eigenvalue weighted by Crippen LogP contribution is 2.28. The summed E-state index contributed by atoms with van der Waals surface area (Å²) in [5, 5.41) is 0. The zero-order valence-electron chi connectivity index (χ0n) is 18.5. The minimum Gasteiger partial charge on any atom is -0.332 e. The molecule has 30 heavy (non-hydrogen) atoms. The first-order chi connectivity index (χ1) is 14.5. The highest BCUT2D eigenvalue weighted by Gasteiger charge is 2.31. The van der Waals surface area contributed by atoms with Crippen LogP contribution in [0, 0.1) is 12.8 Å². The summed E-state index contributed by atoms with van der Waals surface area (Å²) in [5.41, 5.74) is 1.11. The third-order valence-corrected chi connectivity index (χ3v) is 7.11. The van der Waals surface area contributed by atoms with Gasteiger partial charge in [-0.25, -0.2) is 0 Å². The molecule has 0 radical (unpaired) electrons. The van der Waals surface area contributed by atoms with E-state index in [4.69, 9.17) is 0 Å². The van der Waals surface area contributed by atoms with Gasteiger partial charge in [-0.2, -0.15) is 0 Å². The van der Waals surface area contributed by atoms with Gasteiger partial charge in [-0.05, 0) is 50.8 Å². The van der Waals surface area contributed by atoms with Gasteiger partial charge >= 0.3 is 0 Å². The van der Waals surface area contributed by atoms with Crippen molar-refractivity contribution in [1.29, 1.82) is 0 Å². The van der Waals surface area contributed by atoms with E-state index in [2.05, 4.69) is 45.0 Å². The van der Waals surface area contributed by atoms with Crippen LogP contribution in [-0.4, -0.2) is 34.2 Å². The van der Waals surface area contributed by atoms with Gasteiger partial charge in [0.15, 0.2) is 0 Å². The van der Waals surface area contributed by atoms with Crippen molar-refractivity contribution in [2.24, 2.45) is 5.92 Å². The first-order valence-electron chi connectivity index (χ1n) is 11.2. The lowest BCUT2D eigenvalue weighted by atomic mass is 10.0. The average molecular weight is 427 g/mol. The van der Waals surface area contributed by atoms with Crippen LogP contribution in [0.15, 0.2) is 42.5 Å². The molecule has 1 atom stereocenters. The van der Waals surface area contributed by atoms with E-state index in [0.29, 0.717) is 13.1 Å². The van der Waals surface area contributed by atoms with Crippen LogP contribution in [0.4, 0.5) is 0 Å². The Morgan fingerprint density at radius 1 is 1.07 bits per heavy atom.